The Balaban J connectivity index is 3.29. The molecule has 90 valence electrons. The molecule has 0 unspecified atom stereocenters. The second kappa shape index (κ2) is 3.99. The van der Waals surface area contributed by atoms with E-state index in [4.69, 9.17) is 10.8 Å². The third kappa shape index (κ3) is 2.61. The fourth-order valence-corrected chi connectivity index (χ4v) is 0.947. The quantitative estimate of drug-likeness (QED) is 0.782. The Kier molecular flexibility index (Phi) is 3.06. The van der Waals surface area contributed by atoms with E-state index >= 15 is 0 Å². The first-order valence-electron chi connectivity index (χ1n) is 3.73. The van der Waals surface area contributed by atoms with Crippen molar-refractivity contribution in [3.05, 3.63) is 11.8 Å². The minimum atomic E-state index is -5.20. The Morgan fingerprint density at radius 1 is 1.38 bits per heavy atom. The van der Waals surface area contributed by atoms with Crippen LogP contribution >= 0.6 is 0 Å². The molecule has 0 radical (unpaired) electrons. The molecule has 0 saturated heterocycles. The van der Waals surface area contributed by atoms with Crippen molar-refractivity contribution in [2.24, 2.45) is 0 Å². The second-order valence-corrected chi connectivity index (χ2v) is 2.62. The van der Waals surface area contributed by atoms with Gasteiger partial charge in [0.1, 0.15) is 11.3 Å². The standard InChI is InChI=1S/C7H5F5N2O2/c8-5(9)3-2(15)1-14-6(13)4(3)16-7(10,11)12/h1,5,15H,(H2,13,14). The second-order valence-electron chi connectivity index (χ2n) is 2.62. The van der Waals surface area contributed by atoms with Gasteiger partial charge in [-0.1, -0.05) is 0 Å². The molecule has 1 rings (SSSR count). The van der Waals surface area contributed by atoms with Gasteiger partial charge in [0.2, 0.25) is 0 Å². The van der Waals surface area contributed by atoms with Crippen molar-refractivity contribution in [2.75, 3.05) is 5.73 Å². The van der Waals surface area contributed by atoms with Crippen LogP contribution in [0.4, 0.5) is 27.8 Å². The fraction of sp³-hybridized carbons (Fsp3) is 0.286. The van der Waals surface area contributed by atoms with Crippen LogP contribution in [0, 0.1) is 0 Å². The highest BCUT2D eigenvalue weighted by Gasteiger charge is 2.36. The van der Waals surface area contributed by atoms with Gasteiger partial charge in [0.15, 0.2) is 11.6 Å². The van der Waals surface area contributed by atoms with Crippen LogP contribution in [0.3, 0.4) is 0 Å². The largest absolute Gasteiger partial charge is 0.573 e. The number of nitrogens with two attached hydrogens (primary N) is 1. The van der Waals surface area contributed by atoms with Gasteiger partial charge in [-0.15, -0.1) is 13.2 Å². The number of hydrogen-bond acceptors (Lipinski definition) is 4. The topological polar surface area (TPSA) is 68.4 Å². The molecular formula is C7H5F5N2O2. The number of pyridine rings is 1. The van der Waals surface area contributed by atoms with Crippen molar-refractivity contribution in [1.29, 1.82) is 0 Å². The molecule has 0 aliphatic carbocycles. The minimum absolute atomic E-state index is 0.514. The van der Waals surface area contributed by atoms with Gasteiger partial charge < -0.3 is 15.6 Å². The Hall–Kier alpha value is -1.80. The van der Waals surface area contributed by atoms with Crippen molar-refractivity contribution in [3.8, 4) is 11.5 Å². The van der Waals surface area contributed by atoms with Crippen molar-refractivity contribution in [3.63, 3.8) is 0 Å². The van der Waals surface area contributed by atoms with Crippen molar-refractivity contribution < 1.29 is 31.8 Å². The molecule has 0 atom stereocenters. The van der Waals surface area contributed by atoms with Crippen LogP contribution in [0.25, 0.3) is 0 Å². The maximum atomic E-state index is 12.4. The average molecular weight is 244 g/mol. The monoisotopic (exact) mass is 244 g/mol. The molecule has 9 heteroatoms. The highest BCUT2D eigenvalue weighted by molar-refractivity contribution is 5.56. The fourth-order valence-electron chi connectivity index (χ4n) is 0.947. The van der Waals surface area contributed by atoms with Gasteiger partial charge in [-0.05, 0) is 0 Å². The molecule has 1 heterocycles. The van der Waals surface area contributed by atoms with Crippen LogP contribution < -0.4 is 10.5 Å². The summed E-state index contributed by atoms with van der Waals surface area (Å²) in [5, 5.41) is 8.94. The van der Waals surface area contributed by atoms with Crippen LogP contribution in [-0.2, 0) is 0 Å². The van der Waals surface area contributed by atoms with E-state index in [1.54, 1.807) is 0 Å². The maximum absolute atomic E-state index is 12.4. The van der Waals surface area contributed by atoms with Gasteiger partial charge in [-0.3, -0.25) is 0 Å². The molecular weight excluding hydrogens is 239 g/mol. The highest BCUT2D eigenvalue weighted by Crippen LogP contribution is 2.41. The van der Waals surface area contributed by atoms with Crippen molar-refractivity contribution in [2.45, 2.75) is 12.8 Å². The molecule has 16 heavy (non-hydrogen) atoms. The number of rotatable bonds is 2. The van der Waals surface area contributed by atoms with Crippen LogP contribution in [0.1, 0.15) is 12.0 Å². The molecule has 0 saturated carbocycles. The number of anilines is 1. The molecule has 3 N–H and O–H groups in total. The zero-order valence-corrected chi connectivity index (χ0v) is 7.42. The normalized spacial score (nSPS) is 11.9. The number of aromatic hydroxyl groups is 1. The van der Waals surface area contributed by atoms with Gasteiger partial charge in [0.05, 0.1) is 6.20 Å². The Labute approximate surface area is 85.5 Å². The van der Waals surface area contributed by atoms with Gasteiger partial charge in [0.25, 0.3) is 6.43 Å². The Bertz CT molecular complexity index is 393. The number of hydrogen-bond donors (Lipinski definition) is 2. The van der Waals surface area contributed by atoms with Crippen molar-refractivity contribution >= 4 is 5.82 Å². The Morgan fingerprint density at radius 3 is 2.38 bits per heavy atom. The van der Waals surface area contributed by atoms with Crippen molar-refractivity contribution in [1.82, 2.24) is 4.98 Å². The van der Waals surface area contributed by atoms with E-state index in [1.165, 1.54) is 0 Å². The van der Waals surface area contributed by atoms with E-state index in [0.29, 0.717) is 6.20 Å². The lowest BCUT2D eigenvalue weighted by molar-refractivity contribution is -0.275. The summed E-state index contributed by atoms with van der Waals surface area (Å²) in [6.45, 7) is 0. The molecule has 0 fully saturated rings. The molecule has 0 aliphatic rings. The SMILES string of the molecule is Nc1ncc(O)c(C(F)F)c1OC(F)(F)F. The van der Waals surface area contributed by atoms with Gasteiger partial charge in [-0.2, -0.15) is 0 Å². The molecule has 0 spiro atoms. The van der Waals surface area contributed by atoms with Crippen LogP contribution in [0.5, 0.6) is 11.5 Å². The van der Waals surface area contributed by atoms with Crippen LogP contribution in [-0.4, -0.2) is 16.5 Å². The van der Waals surface area contributed by atoms with Crippen LogP contribution in [0.2, 0.25) is 0 Å². The molecule has 0 aromatic carbocycles. The molecule has 0 aliphatic heterocycles. The molecule has 1 aromatic rings. The third-order valence-corrected chi connectivity index (χ3v) is 1.52. The lowest BCUT2D eigenvalue weighted by Gasteiger charge is -2.14. The summed E-state index contributed by atoms with van der Waals surface area (Å²) >= 11 is 0. The average Bonchev–Trinajstić information content (AvgIpc) is 2.08. The van der Waals surface area contributed by atoms with E-state index in [1.807, 2.05) is 0 Å². The molecule has 4 nitrogen and oxygen atoms in total. The predicted molar refractivity (Wildman–Crippen MR) is 42.0 cm³/mol. The predicted octanol–water partition coefficient (Wildman–Crippen LogP) is 2.21. The van der Waals surface area contributed by atoms with E-state index in [9.17, 15) is 22.0 Å². The van der Waals surface area contributed by atoms with E-state index in [2.05, 4.69) is 9.72 Å². The minimum Gasteiger partial charge on any atom is -0.506 e. The number of nitrogen functional groups attached to an aromatic ring is 1. The van der Waals surface area contributed by atoms with Gasteiger partial charge >= 0.3 is 6.36 Å². The zero-order chi connectivity index (χ0) is 12.5. The first-order chi connectivity index (χ1) is 7.22. The maximum Gasteiger partial charge on any atom is 0.573 e. The molecule has 0 amide bonds. The smallest absolute Gasteiger partial charge is 0.506 e. The summed E-state index contributed by atoms with van der Waals surface area (Å²) < 4.78 is 63.6. The Morgan fingerprint density at radius 2 is 1.94 bits per heavy atom. The number of aromatic nitrogens is 1. The summed E-state index contributed by atoms with van der Waals surface area (Å²) in [7, 11) is 0. The van der Waals surface area contributed by atoms with Crippen LogP contribution in [0.15, 0.2) is 6.20 Å². The third-order valence-electron chi connectivity index (χ3n) is 1.52. The highest BCUT2D eigenvalue weighted by atomic mass is 19.4. The summed E-state index contributed by atoms with van der Waals surface area (Å²) in [5.41, 5.74) is 3.61. The molecule has 1 aromatic heterocycles. The zero-order valence-electron chi connectivity index (χ0n) is 7.42. The molecule has 0 bridgehead atoms. The number of halogens is 5. The van der Waals surface area contributed by atoms with Gasteiger partial charge in [-0.25, -0.2) is 13.8 Å². The first kappa shape index (κ1) is 12.3. The van der Waals surface area contributed by atoms with E-state index in [0.717, 1.165) is 0 Å². The first-order valence-corrected chi connectivity index (χ1v) is 3.73. The summed E-state index contributed by atoms with van der Waals surface area (Å²) in [4.78, 5) is 3.08. The van der Waals surface area contributed by atoms with Gasteiger partial charge in [0, 0.05) is 0 Å². The summed E-state index contributed by atoms with van der Waals surface area (Å²) in [5.74, 6) is -3.39. The van der Waals surface area contributed by atoms with E-state index < -0.39 is 35.7 Å². The number of alkyl halides is 5. The van der Waals surface area contributed by atoms with E-state index in [-0.39, 0.29) is 0 Å². The number of nitrogens with zero attached hydrogens (tertiary/aromatic N) is 1. The summed E-state index contributed by atoms with van der Waals surface area (Å²) in [6.07, 6.45) is -8.06. The lowest BCUT2D eigenvalue weighted by atomic mass is 10.2. The lowest BCUT2D eigenvalue weighted by Crippen LogP contribution is -2.19. The summed E-state index contributed by atoms with van der Waals surface area (Å²) in [6, 6.07) is 0. The number of ether oxygens (including phenoxy) is 1.